The van der Waals surface area contributed by atoms with Gasteiger partial charge in [0.15, 0.2) is 5.65 Å². The maximum atomic E-state index is 13.0. The highest BCUT2D eigenvalue weighted by Gasteiger charge is 2.31. The van der Waals surface area contributed by atoms with Gasteiger partial charge >= 0.3 is 11.9 Å². The number of alkyl halides is 3. The Morgan fingerprint density at radius 1 is 1.17 bits per heavy atom. The second-order valence-electron chi connectivity index (χ2n) is 6.85. The monoisotopic (exact) mass is 420 g/mol. The van der Waals surface area contributed by atoms with Crippen LogP contribution in [0, 0.1) is 0 Å². The highest BCUT2D eigenvalue weighted by molar-refractivity contribution is 6.09. The summed E-state index contributed by atoms with van der Waals surface area (Å²) in [6.07, 6.45) is -2.01. The third-order valence-electron chi connectivity index (χ3n) is 4.76. The number of benzene rings is 1. The summed E-state index contributed by atoms with van der Waals surface area (Å²) in [7, 11) is 2.74. The van der Waals surface area contributed by atoms with Gasteiger partial charge in [0.25, 0.3) is 11.5 Å². The van der Waals surface area contributed by atoms with Crippen molar-refractivity contribution in [3.05, 3.63) is 68.0 Å². The first kappa shape index (κ1) is 21.3. The quantitative estimate of drug-likeness (QED) is 0.703. The van der Waals surface area contributed by atoms with E-state index in [0.717, 1.165) is 22.8 Å². The first-order valence-corrected chi connectivity index (χ1v) is 9.12. The Kier molecular flexibility index (Phi) is 5.51. The average Bonchev–Trinajstić information content (AvgIpc) is 2.71. The van der Waals surface area contributed by atoms with Crippen molar-refractivity contribution in [2.24, 2.45) is 14.1 Å². The molecule has 0 fully saturated rings. The van der Waals surface area contributed by atoms with E-state index in [1.807, 2.05) is 6.92 Å². The van der Waals surface area contributed by atoms with E-state index in [9.17, 15) is 27.6 Å². The molecule has 0 unspecified atom stereocenters. The average molecular weight is 420 g/mol. The maximum absolute atomic E-state index is 13.0. The van der Waals surface area contributed by atoms with Crippen LogP contribution in [0.5, 0.6) is 0 Å². The smallest absolute Gasteiger partial charge is 0.321 e. The molecular formula is C20H19F3N4O3. The second-order valence-corrected chi connectivity index (χ2v) is 6.85. The molecule has 3 rings (SSSR count). The number of aryl methyl sites for hydroxylation is 2. The van der Waals surface area contributed by atoms with Gasteiger partial charge < -0.3 is 5.32 Å². The lowest BCUT2D eigenvalue weighted by Gasteiger charge is -2.16. The fourth-order valence-corrected chi connectivity index (χ4v) is 3.19. The highest BCUT2D eigenvalue weighted by Crippen LogP contribution is 2.30. The minimum Gasteiger partial charge on any atom is -0.321 e. The van der Waals surface area contributed by atoms with Crippen LogP contribution in [0.1, 0.15) is 34.8 Å². The van der Waals surface area contributed by atoms with Crippen LogP contribution in [0.4, 0.5) is 18.9 Å². The van der Waals surface area contributed by atoms with E-state index >= 15 is 0 Å². The molecule has 10 heteroatoms. The van der Waals surface area contributed by atoms with Gasteiger partial charge in [0.1, 0.15) is 5.39 Å². The van der Waals surface area contributed by atoms with E-state index < -0.39 is 28.9 Å². The molecule has 0 saturated heterocycles. The molecule has 0 spiro atoms. The van der Waals surface area contributed by atoms with Gasteiger partial charge in [-0.2, -0.15) is 13.2 Å². The van der Waals surface area contributed by atoms with Gasteiger partial charge in [0, 0.05) is 25.9 Å². The summed E-state index contributed by atoms with van der Waals surface area (Å²) in [5.74, 6) is -0.804. The van der Waals surface area contributed by atoms with Crippen LogP contribution in [0.25, 0.3) is 11.0 Å². The number of carbonyl (C=O) groups is 1. The Morgan fingerprint density at radius 3 is 2.50 bits per heavy atom. The van der Waals surface area contributed by atoms with Crippen LogP contribution in [0.3, 0.4) is 0 Å². The van der Waals surface area contributed by atoms with Crippen molar-refractivity contribution in [1.82, 2.24) is 14.1 Å². The lowest BCUT2D eigenvalue weighted by Crippen LogP contribution is -2.38. The molecule has 0 aliphatic rings. The molecule has 0 bridgehead atoms. The molecule has 0 radical (unpaired) electrons. The Hall–Kier alpha value is -3.43. The van der Waals surface area contributed by atoms with Crippen molar-refractivity contribution in [3.8, 4) is 0 Å². The Balaban J connectivity index is 2.20. The number of anilines is 1. The summed E-state index contributed by atoms with van der Waals surface area (Å²) < 4.78 is 41.0. The van der Waals surface area contributed by atoms with E-state index in [-0.39, 0.29) is 22.3 Å². The summed E-state index contributed by atoms with van der Waals surface area (Å²) >= 11 is 0. The van der Waals surface area contributed by atoms with Gasteiger partial charge in [0.2, 0.25) is 0 Å². The normalized spacial score (nSPS) is 11.7. The zero-order chi connectivity index (χ0) is 22.2. The number of nitrogens with zero attached hydrogens (tertiary/aromatic N) is 3. The maximum Gasteiger partial charge on any atom is 0.416 e. The van der Waals surface area contributed by atoms with Gasteiger partial charge in [-0.05, 0) is 30.2 Å². The van der Waals surface area contributed by atoms with Crippen molar-refractivity contribution in [2.45, 2.75) is 25.9 Å². The molecule has 0 aliphatic heterocycles. The number of fused-ring (bicyclic) bond motifs is 1. The zero-order valence-electron chi connectivity index (χ0n) is 16.5. The topological polar surface area (TPSA) is 86.0 Å². The van der Waals surface area contributed by atoms with Crippen molar-refractivity contribution < 1.29 is 18.0 Å². The lowest BCUT2D eigenvalue weighted by atomic mass is 10.1. The van der Waals surface area contributed by atoms with Crippen LogP contribution in [-0.4, -0.2) is 20.0 Å². The Bertz CT molecular complexity index is 1260. The van der Waals surface area contributed by atoms with Crippen LogP contribution < -0.4 is 16.6 Å². The summed E-state index contributed by atoms with van der Waals surface area (Å²) in [5, 5.41) is 2.59. The van der Waals surface area contributed by atoms with E-state index in [1.165, 1.54) is 30.9 Å². The molecule has 1 aromatic carbocycles. The number of pyridine rings is 1. The molecule has 3 aromatic rings. The summed E-state index contributed by atoms with van der Waals surface area (Å²) in [6, 6.07) is 4.00. The minimum absolute atomic E-state index is 0.0193. The summed E-state index contributed by atoms with van der Waals surface area (Å²) in [5.41, 5.74) is -1.65. The molecule has 2 heterocycles. The van der Waals surface area contributed by atoms with Gasteiger partial charge in [0.05, 0.1) is 11.3 Å². The third kappa shape index (κ3) is 3.72. The Labute approximate surface area is 168 Å². The molecule has 1 N–H and O–H groups in total. The predicted molar refractivity (Wildman–Crippen MR) is 106 cm³/mol. The fourth-order valence-electron chi connectivity index (χ4n) is 3.19. The van der Waals surface area contributed by atoms with Crippen LogP contribution in [0.15, 0.2) is 40.1 Å². The third-order valence-corrected chi connectivity index (χ3v) is 4.76. The number of aromatic nitrogens is 3. The first-order chi connectivity index (χ1) is 14.1. The highest BCUT2D eigenvalue weighted by atomic mass is 19.4. The molecule has 0 aliphatic carbocycles. The number of nitrogens with one attached hydrogen (secondary N) is 1. The molecule has 2 aromatic heterocycles. The van der Waals surface area contributed by atoms with Crippen molar-refractivity contribution >= 4 is 22.6 Å². The summed E-state index contributed by atoms with van der Waals surface area (Å²) in [6.45, 7) is 1.89. The van der Waals surface area contributed by atoms with Gasteiger partial charge in [-0.1, -0.05) is 19.4 Å². The van der Waals surface area contributed by atoms with Crippen LogP contribution in [-0.2, 0) is 26.7 Å². The van der Waals surface area contributed by atoms with E-state index in [4.69, 9.17) is 0 Å². The summed E-state index contributed by atoms with van der Waals surface area (Å²) in [4.78, 5) is 41.9. The zero-order valence-corrected chi connectivity index (χ0v) is 16.5. The molecule has 30 heavy (non-hydrogen) atoms. The van der Waals surface area contributed by atoms with E-state index in [1.54, 1.807) is 0 Å². The van der Waals surface area contributed by atoms with Gasteiger partial charge in [-0.15, -0.1) is 0 Å². The second kappa shape index (κ2) is 7.77. The standard InChI is InChI=1S/C20H19F3N4O3/c1-4-6-12-10-24-16-14(18(29)27(3)19(30)26(16)2)15(12)25-17(28)11-7-5-8-13(9-11)20(21,22)23/h5,7-10H,4,6H2,1-3H3,(H,24,25,28). The molecule has 0 atom stereocenters. The van der Waals surface area contributed by atoms with Gasteiger partial charge in [-0.25, -0.2) is 9.78 Å². The van der Waals surface area contributed by atoms with Crippen molar-refractivity contribution in [3.63, 3.8) is 0 Å². The molecule has 158 valence electrons. The van der Waals surface area contributed by atoms with Crippen LogP contribution >= 0.6 is 0 Å². The molecule has 0 saturated carbocycles. The number of rotatable bonds is 4. The largest absolute Gasteiger partial charge is 0.416 e. The molecule has 7 nitrogen and oxygen atoms in total. The number of halogens is 3. The Morgan fingerprint density at radius 2 is 1.87 bits per heavy atom. The fraction of sp³-hybridized carbons (Fsp3) is 0.300. The number of hydrogen-bond donors (Lipinski definition) is 1. The molecular weight excluding hydrogens is 401 g/mol. The SMILES string of the molecule is CCCc1cnc2c(c1NC(=O)c1cccc(C(F)(F)F)c1)c(=O)n(C)c(=O)n2C. The first-order valence-electron chi connectivity index (χ1n) is 9.12. The number of amides is 1. The van der Waals surface area contributed by atoms with E-state index in [0.29, 0.717) is 18.4 Å². The predicted octanol–water partition coefficient (Wildman–Crippen LogP) is 2.86. The van der Waals surface area contributed by atoms with Gasteiger partial charge in [-0.3, -0.25) is 18.7 Å². The number of carbonyl (C=O) groups excluding carboxylic acids is 1. The van der Waals surface area contributed by atoms with Crippen LogP contribution in [0.2, 0.25) is 0 Å². The lowest BCUT2D eigenvalue weighted by molar-refractivity contribution is -0.137. The minimum atomic E-state index is -4.60. The van der Waals surface area contributed by atoms with E-state index in [2.05, 4.69) is 10.3 Å². The van der Waals surface area contributed by atoms with Crippen molar-refractivity contribution in [1.29, 1.82) is 0 Å². The number of hydrogen-bond acceptors (Lipinski definition) is 4. The molecule has 1 amide bonds. The van der Waals surface area contributed by atoms with Crippen molar-refractivity contribution in [2.75, 3.05) is 5.32 Å².